The maximum Gasteiger partial charge on any atom is 0.119 e. The van der Waals surface area contributed by atoms with Crippen molar-refractivity contribution in [3.05, 3.63) is 42.2 Å². The fourth-order valence-electron chi connectivity index (χ4n) is 4.53. The summed E-state index contributed by atoms with van der Waals surface area (Å²) in [6.07, 6.45) is 6.84. The molecule has 0 radical (unpaired) electrons. The van der Waals surface area contributed by atoms with Crippen LogP contribution < -0.4 is 9.64 Å². The van der Waals surface area contributed by atoms with E-state index in [1.165, 1.54) is 37.2 Å². The van der Waals surface area contributed by atoms with E-state index in [0.717, 1.165) is 45.0 Å². The first kappa shape index (κ1) is 19.3. The molecule has 0 N–H and O–H groups in total. The molecule has 2 saturated heterocycles. The Balaban J connectivity index is 1.28. The van der Waals surface area contributed by atoms with Crippen molar-refractivity contribution in [1.29, 1.82) is 0 Å². The number of piperidine rings is 1. The van der Waals surface area contributed by atoms with Crippen molar-refractivity contribution in [1.82, 2.24) is 19.6 Å². The number of ether oxygens (including phenoxy) is 1. The number of benzene rings is 1. The summed E-state index contributed by atoms with van der Waals surface area (Å²) < 4.78 is 7.30. The van der Waals surface area contributed by atoms with Gasteiger partial charge >= 0.3 is 0 Å². The number of nitrogens with zero attached hydrogens (tertiary/aromatic N) is 5. The van der Waals surface area contributed by atoms with Crippen LogP contribution in [0, 0.1) is 0 Å². The third kappa shape index (κ3) is 4.50. The van der Waals surface area contributed by atoms with E-state index in [2.05, 4.69) is 57.2 Å². The van der Waals surface area contributed by atoms with Gasteiger partial charge in [0.2, 0.25) is 0 Å². The number of hydrogen-bond donors (Lipinski definition) is 0. The number of anilines is 1. The molecule has 2 aliphatic heterocycles. The molecule has 0 aliphatic carbocycles. The molecule has 4 rings (SSSR count). The van der Waals surface area contributed by atoms with Gasteiger partial charge in [-0.15, -0.1) is 0 Å². The summed E-state index contributed by atoms with van der Waals surface area (Å²) in [6, 6.07) is 9.15. The summed E-state index contributed by atoms with van der Waals surface area (Å²) >= 11 is 0. The molecule has 152 valence electrons. The van der Waals surface area contributed by atoms with Crippen LogP contribution in [0.5, 0.6) is 5.75 Å². The first-order chi connectivity index (χ1) is 13.7. The Morgan fingerprint density at radius 1 is 1.07 bits per heavy atom. The van der Waals surface area contributed by atoms with Gasteiger partial charge in [0.05, 0.1) is 13.3 Å². The highest BCUT2D eigenvalue weighted by Gasteiger charge is 2.28. The number of aryl methyl sites for hydroxylation is 1. The molecular formula is C22H33N5O. The lowest BCUT2D eigenvalue weighted by Gasteiger charge is -2.44. The summed E-state index contributed by atoms with van der Waals surface area (Å²) in [5.41, 5.74) is 2.64. The quantitative estimate of drug-likeness (QED) is 0.767. The van der Waals surface area contributed by atoms with Gasteiger partial charge in [-0.3, -0.25) is 14.5 Å². The van der Waals surface area contributed by atoms with E-state index in [9.17, 15) is 0 Å². The molecule has 2 aliphatic rings. The van der Waals surface area contributed by atoms with Crippen molar-refractivity contribution >= 4 is 5.69 Å². The van der Waals surface area contributed by atoms with Crippen LogP contribution in [0.2, 0.25) is 0 Å². The van der Waals surface area contributed by atoms with Gasteiger partial charge in [0.25, 0.3) is 0 Å². The maximum absolute atomic E-state index is 5.28. The second-order valence-corrected chi connectivity index (χ2v) is 7.96. The highest BCUT2D eigenvalue weighted by Crippen LogP contribution is 2.23. The lowest BCUT2D eigenvalue weighted by atomic mass is 10.0. The van der Waals surface area contributed by atoms with Crippen LogP contribution in [0.4, 0.5) is 5.69 Å². The van der Waals surface area contributed by atoms with Crippen molar-refractivity contribution in [3.63, 3.8) is 0 Å². The summed E-state index contributed by atoms with van der Waals surface area (Å²) in [5, 5.41) is 4.42. The SMILES string of the molecule is CCn1cc(CN2CCC[C@@H](N3CCN(c4ccc(OC)cc4)CC3)C2)cn1. The smallest absolute Gasteiger partial charge is 0.119 e. The number of likely N-dealkylation sites (tertiary alicyclic amines) is 1. The van der Waals surface area contributed by atoms with Gasteiger partial charge in [-0.25, -0.2) is 0 Å². The third-order valence-corrected chi connectivity index (χ3v) is 6.17. The third-order valence-electron chi connectivity index (χ3n) is 6.17. The summed E-state index contributed by atoms with van der Waals surface area (Å²) in [5.74, 6) is 0.925. The van der Waals surface area contributed by atoms with E-state index in [1.807, 2.05) is 10.9 Å². The van der Waals surface area contributed by atoms with Gasteiger partial charge in [0, 0.05) is 69.3 Å². The van der Waals surface area contributed by atoms with Crippen LogP contribution in [-0.2, 0) is 13.1 Å². The van der Waals surface area contributed by atoms with Crippen molar-refractivity contribution < 1.29 is 4.74 Å². The van der Waals surface area contributed by atoms with E-state index in [0.29, 0.717) is 6.04 Å². The molecule has 6 nitrogen and oxygen atoms in total. The van der Waals surface area contributed by atoms with Crippen molar-refractivity contribution in [2.24, 2.45) is 0 Å². The Labute approximate surface area is 168 Å². The molecule has 6 heteroatoms. The predicted octanol–water partition coefficient (Wildman–Crippen LogP) is 2.70. The molecule has 2 fully saturated rings. The van der Waals surface area contributed by atoms with E-state index < -0.39 is 0 Å². The molecule has 1 atom stereocenters. The number of hydrogen-bond acceptors (Lipinski definition) is 5. The Kier molecular flexibility index (Phi) is 6.17. The van der Waals surface area contributed by atoms with E-state index in [4.69, 9.17) is 4.74 Å². The van der Waals surface area contributed by atoms with Crippen LogP contribution in [-0.4, -0.2) is 72.0 Å². The first-order valence-corrected chi connectivity index (χ1v) is 10.6. The maximum atomic E-state index is 5.28. The zero-order valence-corrected chi connectivity index (χ0v) is 17.3. The topological polar surface area (TPSA) is 36.8 Å². The number of aromatic nitrogens is 2. The summed E-state index contributed by atoms with van der Waals surface area (Å²) in [4.78, 5) is 7.82. The zero-order valence-electron chi connectivity index (χ0n) is 17.3. The number of methoxy groups -OCH3 is 1. The van der Waals surface area contributed by atoms with Gasteiger partial charge in [0.15, 0.2) is 0 Å². The average molecular weight is 384 g/mol. The minimum Gasteiger partial charge on any atom is -0.497 e. The average Bonchev–Trinajstić information content (AvgIpc) is 3.22. The van der Waals surface area contributed by atoms with Crippen LogP contribution in [0.1, 0.15) is 25.3 Å². The lowest BCUT2D eigenvalue weighted by molar-refractivity contribution is 0.0887. The van der Waals surface area contributed by atoms with Gasteiger partial charge in [0.1, 0.15) is 5.75 Å². The Morgan fingerprint density at radius 2 is 1.86 bits per heavy atom. The number of rotatable bonds is 6. The Bertz CT molecular complexity index is 736. The predicted molar refractivity (Wildman–Crippen MR) is 113 cm³/mol. The second-order valence-electron chi connectivity index (χ2n) is 7.96. The molecule has 0 bridgehead atoms. The molecule has 1 aromatic heterocycles. The van der Waals surface area contributed by atoms with Gasteiger partial charge in [-0.2, -0.15) is 5.10 Å². The zero-order chi connectivity index (χ0) is 19.3. The fourth-order valence-corrected chi connectivity index (χ4v) is 4.53. The summed E-state index contributed by atoms with van der Waals surface area (Å²) in [6.45, 7) is 11.0. The summed E-state index contributed by atoms with van der Waals surface area (Å²) in [7, 11) is 1.72. The van der Waals surface area contributed by atoms with Gasteiger partial charge < -0.3 is 9.64 Å². The van der Waals surface area contributed by atoms with Crippen molar-refractivity contribution in [3.8, 4) is 5.75 Å². The minimum absolute atomic E-state index is 0.688. The molecule has 0 saturated carbocycles. The van der Waals surface area contributed by atoms with Gasteiger partial charge in [-0.05, 0) is 50.6 Å². The first-order valence-electron chi connectivity index (χ1n) is 10.6. The molecule has 1 aromatic carbocycles. The van der Waals surface area contributed by atoms with Crippen LogP contribution in [0.15, 0.2) is 36.7 Å². The standard InChI is InChI=1S/C22H33N5O/c1-3-27-17-19(15-23-27)16-24-10-4-5-21(18-24)26-13-11-25(12-14-26)20-6-8-22(28-2)9-7-20/h6-9,15,17,21H,3-5,10-14,16,18H2,1-2H3/t21-/m1/s1. The molecule has 0 unspecified atom stereocenters. The molecule has 0 amide bonds. The van der Waals surface area contributed by atoms with E-state index in [1.54, 1.807) is 7.11 Å². The van der Waals surface area contributed by atoms with Crippen LogP contribution >= 0.6 is 0 Å². The van der Waals surface area contributed by atoms with Gasteiger partial charge in [-0.1, -0.05) is 0 Å². The Morgan fingerprint density at radius 3 is 2.54 bits per heavy atom. The fraction of sp³-hybridized carbons (Fsp3) is 0.591. The molecule has 0 spiro atoms. The van der Waals surface area contributed by atoms with E-state index in [-0.39, 0.29) is 0 Å². The highest BCUT2D eigenvalue weighted by atomic mass is 16.5. The largest absolute Gasteiger partial charge is 0.497 e. The normalized spacial score (nSPS) is 21.8. The minimum atomic E-state index is 0.688. The van der Waals surface area contributed by atoms with Crippen LogP contribution in [0.3, 0.4) is 0 Å². The number of piperazine rings is 1. The molecular weight excluding hydrogens is 350 g/mol. The van der Waals surface area contributed by atoms with Crippen LogP contribution in [0.25, 0.3) is 0 Å². The second kappa shape index (κ2) is 8.97. The monoisotopic (exact) mass is 383 g/mol. The van der Waals surface area contributed by atoms with Crippen molar-refractivity contribution in [2.45, 2.75) is 38.9 Å². The lowest BCUT2D eigenvalue weighted by Crippen LogP contribution is -2.55. The Hall–Kier alpha value is -2.05. The highest BCUT2D eigenvalue weighted by molar-refractivity contribution is 5.49. The molecule has 3 heterocycles. The molecule has 2 aromatic rings. The van der Waals surface area contributed by atoms with Crippen molar-refractivity contribution in [2.75, 3.05) is 51.3 Å². The molecule has 28 heavy (non-hydrogen) atoms. The van der Waals surface area contributed by atoms with E-state index >= 15 is 0 Å².